The lowest BCUT2D eigenvalue weighted by Gasteiger charge is -2.12. The molecule has 0 bridgehead atoms. The predicted octanol–water partition coefficient (Wildman–Crippen LogP) is 3.28. The van der Waals surface area contributed by atoms with E-state index in [2.05, 4.69) is 0 Å². The maximum atomic E-state index is 9.75. The van der Waals surface area contributed by atoms with Gasteiger partial charge in [0.15, 0.2) is 6.29 Å². The van der Waals surface area contributed by atoms with E-state index in [0.29, 0.717) is 0 Å². The Labute approximate surface area is 91.3 Å². The molecule has 0 aliphatic carbocycles. The van der Waals surface area contributed by atoms with E-state index >= 15 is 0 Å². The average Bonchev–Trinajstić information content (AvgIpc) is 2.19. The van der Waals surface area contributed by atoms with Gasteiger partial charge in [0, 0.05) is 19.8 Å². The van der Waals surface area contributed by atoms with Crippen LogP contribution < -0.4 is 0 Å². The Kier molecular flexibility index (Phi) is 6.75. The van der Waals surface area contributed by atoms with Gasteiger partial charge in [-0.25, -0.2) is 0 Å². The van der Waals surface area contributed by atoms with E-state index in [1.807, 2.05) is 30.3 Å². The molecule has 2 nitrogen and oxygen atoms in total. The molecule has 1 aromatic carbocycles. The Hall–Kier alpha value is -1.08. The third-order valence-corrected chi connectivity index (χ3v) is 1.50. The molecule has 1 rings (SSSR count). The van der Waals surface area contributed by atoms with Crippen LogP contribution in [0.25, 0.3) is 0 Å². The maximum Gasteiger partial charge on any atom is 0.673 e. The Balaban J connectivity index is 0.000000385. The van der Waals surface area contributed by atoms with E-state index < -0.39 is 7.25 Å². The van der Waals surface area contributed by atoms with Crippen LogP contribution in [0, 0.1) is 0 Å². The number of rotatable bonds is 3. The van der Waals surface area contributed by atoms with E-state index in [4.69, 9.17) is 9.47 Å². The van der Waals surface area contributed by atoms with E-state index in [1.54, 1.807) is 14.2 Å². The quantitative estimate of drug-likeness (QED) is 0.457. The topological polar surface area (TPSA) is 18.5 Å². The summed E-state index contributed by atoms with van der Waals surface area (Å²) in [6.45, 7) is 0. The van der Waals surface area contributed by atoms with Crippen molar-refractivity contribution in [1.29, 1.82) is 0 Å². The van der Waals surface area contributed by atoms with Gasteiger partial charge in [-0.3, -0.25) is 0 Å². The van der Waals surface area contributed by atoms with Crippen molar-refractivity contribution in [2.24, 2.45) is 0 Å². The second-order valence-corrected chi connectivity index (χ2v) is 2.71. The van der Waals surface area contributed by atoms with Crippen LogP contribution in [-0.2, 0) is 9.47 Å². The number of methoxy groups -OCH3 is 2. The van der Waals surface area contributed by atoms with E-state index in [0.717, 1.165) is 5.56 Å². The normalized spacial score (nSPS) is 10.9. The van der Waals surface area contributed by atoms with Crippen molar-refractivity contribution in [3.05, 3.63) is 35.9 Å². The minimum absolute atomic E-state index is 0.240. The van der Waals surface area contributed by atoms with Crippen molar-refractivity contribution in [3.63, 3.8) is 0 Å². The van der Waals surface area contributed by atoms with Crippen molar-refractivity contribution < 1.29 is 26.7 Å². The maximum absolute atomic E-state index is 9.75. The fraction of sp³-hybridized carbons (Fsp3) is 0.333. The van der Waals surface area contributed by atoms with Gasteiger partial charge >= 0.3 is 7.25 Å². The molecule has 7 heteroatoms. The summed E-state index contributed by atoms with van der Waals surface area (Å²) in [7, 11) is -2.75. The van der Waals surface area contributed by atoms with Crippen LogP contribution in [0.4, 0.5) is 17.3 Å². The van der Waals surface area contributed by atoms with E-state index in [9.17, 15) is 17.3 Å². The van der Waals surface area contributed by atoms with Crippen molar-refractivity contribution >= 4 is 7.25 Å². The van der Waals surface area contributed by atoms with Crippen LogP contribution >= 0.6 is 0 Å². The molecule has 0 atom stereocenters. The highest BCUT2D eigenvalue weighted by molar-refractivity contribution is 6.50. The fourth-order valence-electron chi connectivity index (χ4n) is 0.979. The molecule has 0 fully saturated rings. The molecule has 0 heterocycles. The zero-order valence-electron chi connectivity index (χ0n) is 8.87. The summed E-state index contributed by atoms with van der Waals surface area (Å²) in [5, 5.41) is 0. The van der Waals surface area contributed by atoms with Gasteiger partial charge in [0.25, 0.3) is 0 Å². The minimum atomic E-state index is -6.00. The molecule has 0 saturated heterocycles. The molecule has 16 heavy (non-hydrogen) atoms. The molecule has 0 spiro atoms. The first-order valence-electron chi connectivity index (χ1n) is 4.36. The van der Waals surface area contributed by atoms with Crippen molar-refractivity contribution in [2.75, 3.05) is 14.2 Å². The van der Waals surface area contributed by atoms with Gasteiger partial charge in [0.1, 0.15) is 0 Å². The Morgan fingerprint density at radius 3 is 1.62 bits per heavy atom. The highest BCUT2D eigenvalue weighted by Crippen LogP contribution is 2.15. The second-order valence-electron chi connectivity index (χ2n) is 2.71. The average molecular weight is 239 g/mol. The third-order valence-electron chi connectivity index (χ3n) is 1.50. The minimum Gasteiger partial charge on any atom is -0.418 e. The summed E-state index contributed by atoms with van der Waals surface area (Å²) >= 11 is 0. The second kappa shape index (κ2) is 7.24. The molecule has 0 radical (unpaired) electrons. The van der Waals surface area contributed by atoms with Crippen LogP contribution in [0.3, 0.4) is 0 Å². The summed E-state index contributed by atoms with van der Waals surface area (Å²) in [6, 6.07) is 9.82. The van der Waals surface area contributed by atoms with Gasteiger partial charge in [-0.1, -0.05) is 30.3 Å². The highest BCUT2D eigenvalue weighted by Gasteiger charge is 2.20. The highest BCUT2D eigenvalue weighted by atomic mass is 19.5. The molecule has 0 aromatic heterocycles. The lowest BCUT2D eigenvalue weighted by atomic mass is 10.2. The Morgan fingerprint density at radius 1 is 0.938 bits per heavy atom. The summed E-state index contributed by atoms with van der Waals surface area (Å²) in [4.78, 5) is 0. The SMILES string of the molecule is COC(OC)c1ccccc1.F[B-](F)(F)F. The van der Waals surface area contributed by atoms with Gasteiger partial charge in [-0.2, -0.15) is 0 Å². The fourth-order valence-corrected chi connectivity index (χ4v) is 0.979. The molecule has 0 N–H and O–H groups in total. The summed E-state index contributed by atoms with van der Waals surface area (Å²) in [5.41, 5.74) is 1.04. The van der Waals surface area contributed by atoms with E-state index in [-0.39, 0.29) is 6.29 Å². The number of ether oxygens (including phenoxy) is 2. The first kappa shape index (κ1) is 14.9. The molecule has 0 aliphatic rings. The lowest BCUT2D eigenvalue weighted by Crippen LogP contribution is -2.02. The molecule has 0 amide bonds. The molecular weight excluding hydrogens is 227 g/mol. The van der Waals surface area contributed by atoms with Crippen molar-refractivity contribution in [2.45, 2.75) is 6.29 Å². The van der Waals surface area contributed by atoms with Crippen LogP contribution in [0.2, 0.25) is 0 Å². The molecular formula is C9H12BF4O2-. The Morgan fingerprint density at radius 2 is 1.31 bits per heavy atom. The molecule has 0 unspecified atom stereocenters. The van der Waals surface area contributed by atoms with Gasteiger partial charge in [-0.05, 0) is 0 Å². The number of hydrogen-bond donors (Lipinski definition) is 0. The van der Waals surface area contributed by atoms with Gasteiger partial charge < -0.3 is 26.7 Å². The first-order valence-corrected chi connectivity index (χ1v) is 4.36. The summed E-state index contributed by atoms with van der Waals surface area (Å²) in [5.74, 6) is 0. The van der Waals surface area contributed by atoms with Crippen molar-refractivity contribution in [3.8, 4) is 0 Å². The van der Waals surface area contributed by atoms with E-state index in [1.165, 1.54) is 0 Å². The zero-order valence-corrected chi connectivity index (χ0v) is 8.87. The monoisotopic (exact) mass is 239 g/mol. The van der Waals surface area contributed by atoms with Crippen LogP contribution in [0.1, 0.15) is 11.9 Å². The molecule has 0 aliphatic heterocycles. The smallest absolute Gasteiger partial charge is 0.418 e. The van der Waals surface area contributed by atoms with Crippen LogP contribution in [-0.4, -0.2) is 21.5 Å². The first-order chi connectivity index (χ1) is 7.38. The van der Waals surface area contributed by atoms with Gasteiger partial charge in [-0.15, -0.1) is 0 Å². The van der Waals surface area contributed by atoms with Crippen LogP contribution in [0.5, 0.6) is 0 Å². The Bertz CT molecular complexity index is 269. The number of halogens is 4. The largest absolute Gasteiger partial charge is 0.673 e. The van der Waals surface area contributed by atoms with Crippen molar-refractivity contribution in [1.82, 2.24) is 0 Å². The predicted molar refractivity (Wildman–Crippen MR) is 53.4 cm³/mol. The van der Waals surface area contributed by atoms with Crippen LogP contribution in [0.15, 0.2) is 30.3 Å². The van der Waals surface area contributed by atoms with Gasteiger partial charge in [0.05, 0.1) is 0 Å². The van der Waals surface area contributed by atoms with Gasteiger partial charge in [0.2, 0.25) is 0 Å². The standard InChI is InChI=1S/C9H12O2.BF4/c1-10-9(11-2)8-6-4-3-5-7-8;2-1(3,4)5/h3-7,9H,1-2H3;/q;-1. The third kappa shape index (κ3) is 8.25. The molecule has 1 aromatic rings. The summed E-state index contributed by atoms with van der Waals surface area (Å²) < 4.78 is 49.1. The molecule has 0 saturated carbocycles. The zero-order chi connectivity index (χ0) is 12.6. The summed E-state index contributed by atoms with van der Waals surface area (Å²) in [6.07, 6.45) is -0.240. The lowest BCUT2D eigenvalue weighted by molar-refractivity contribution is -0.106. The molecule has 92 valence electrons. The number of hydrogen-bond acceptors (Lipinski definition) is 2. The number of benzene rings is 1.